The number of phenols is 3. The van der Waals surface area contributed by atoms with Crippen molar-refractivity contribution < 1.29 is 33.5 Å². The van der Waals surface area contributed by atoms with Crippen molar-refractivity contribution in [1.29, 1.82) is 0 Å². The van der Waals surface area contributed by atoms with Crippen LogP contribution in [0.2, 0.25) is 5.02 Å². The number of phenolic OH excluding ortho intramolecular Hbond substituents is 3. The molecule has 0 aliphatic heterocycles. The molecule has 0 unspecified atom stereocenters. The highest BCUT2D eigenvalue weighted by molar-refractivity contribution is 6.35. The van der Waals surface area contributed by atoms with Crippen LogP contribution < -0.4 is 0 Å². The molecule has 28 heavy (non-hydrogen) atoms. The Hall–Kier alpha value is -3.47. The number of hydrogen-bond acceptors (Lipinski definition) is 8. The number of aromatic nitrogens is 2. The molecule has 0 saturated heterocycles. The van der Waals surface area contributed by atoms with E-state index in [0.717, 1.165) is 12.1 Å². The number of aryl methyl sites for hydroxylation is 2. The van der Waals surface area contributed by atoms with Crippen LogP contribution in [0.3, 0.4) is 0 Å². The average molecular weight is 414 g/mol. The largest absolute Gasteiger partial charge is 0.505 e. The van der Waals surface area contributed by atoms with Gasteiger partial charge in [0.15, 0.2) is 23.1 Å². The van der Waals surface area contributed by atoms with Gasteiger partial charge in [0.25, 0.3) is 5.89 Å². The van der Waals surface area contributed by atoms with Crippen LogP contribution in [0.25, 0.3) is 11.5 Å². The monoisotopic (exact) mass is 413 g/mol. The second-order valence-corrected chi connectivity index (χ2v) is 6.00. The number of halogens is 3. The van der Waals surface area contributed by atoms with Gasteiger partial charge in [-0.1, -0.05) is 16.8 Å². The van der Waals surface area contributed by atoms with E-state index < -0.39 is 44.5 Å². The first-order valence-corrected chi connectivity index (χ1v) is 7.95. The van der Waals surface area contributed by atoms with E-state index in [4.69, 9.17) is 16.1 Å². The fraction of sp³-hybridized carbons (Fsp3) is 0.125. The Bertz CT molecular complexity index is 1090. The molecule has 0 fully saturated rings. The summed E-state index contributed by atoms with van der Waals surface area (Å²) in [5.41, 5.74) is -0.991. The molecule has 0 amide bonds. The van der Waals surface area contributed by atoms with E-state index in [2.05, 4.69) is 10.1 Å². The Balaban J connectivity index is 1.87. The van der Waals surface area contributed by atoms with Crippen LogP contribution in [0, 0.1) is 21.7 Å². The Labute approximate surface area is 159 Å². The number of nitrogens with zero attached hydrogens (tertiary/aromatic N) is 3. The maximum Gasteiger partial charge on any atom is 0.315 e. The van der Waals surface area contributed by atoms with Gasteiger partial charge in [0.2, 0.25) is 5.75 Å². The van der Waals surface area contributed by atoms with Crippen molar-refractivity contribution >= 4 is 17.3 Å². The van der Waals surface area contributed by atoms with Crippen molar-refractivity contribution in [1.82, 2.24) is 10.1 Å². The number of rotatable bonds is 5. The van der Waals surface area contributed by atoms with E-state index in [1.165, 1.54) is 0 Å². The van der Waals surface area contributed by atoms with E-state index in [1.807, 2.05) is 0 Å². The fourth-order valence-corrected chi connectivity index (χ4v) is 2.62. The van der Waals surface area contributed by atoms with Gasteiger partial charge in [-0.15, -0.1) is 0 Å². The van der Waals surface area contributed by atoms with Gasteiger partial charge in [0.1, 0.15) is 5.82 Å². The summed E-state index contributed by atoms with van der Waals surface area (Å²) in [6.45, 7) is 0. The summed E-state index contributed by atoms with van der Waals surface area (Å²) < 4.78 is 31.7. The highest BCUT2D eigenvalue weighted by Gasteiger charge is 2.26. The van der Waals surface area contributed by atoms with Gasteiger partial charge in [-0.2, -0.15) is 4.98 Å². The highest BCUT2D eigenvalue weighted by Crippen LogP contribution is 2.45. The molecule has 0 aliphatic carbocycles. The summed E-state index contributed by atoms with van der Waals surface area (Å²) in [7, 11) is 0. The third-order valence-corrected chi connectivity index (χ3v) is 4.20. The molecule has 0 atom stereocenters. The Kier molecular flexibility index (Phi) is 5.01. The smallest absolute Gasteiger partial charge is 0.315 e. The van der Waals surface area contributed by atoms with Gasteiger partial charge in [-0.05, 0) is 18.1 Å². The van der Waals surface area contributed by atoms with Crippen molar-refractivity contribution in [3.63, 3.8) is 0 Å². The molecular formula is C16H10ClF2N3O6. The molecule has 146 valence electrons. The normalized spacial score (nSPS) is 11.0. The predicted octanol–water partition coefficient (Wildman–Crippen LogP) is 3.48. The summed E-state index contributed by atoms with van der Waals surface area (Å²) in [5, 5.41) is 42.8. The van der Waals surface area contributed by atoms with Gasteiger partial charge in [0, 0.05) is 18.6 Å². The molecule has 3 rings (SSSR count). The van der Waals surface area contributed by atoms with Crippen molar-refractivity contribution in [3.8, 4) is 28.7 Å². The summed E-state index contributed by atoms with van der Waals surface area (Å²) >= 11 is 5.87. The first-order chi connectivity index (χ1) is 13.2. The van der Waals surface area contributed by atoms with Gasteiger partial charge in [-0.3, -0.25) is 10.1 Å². The van der Waals surface area contributed by atoms with Crippen LogP contribution in [-0.4, -0.2) is 30.4 Å². The SMILES string of the molecule is O=[N+]([O-])c1cc(-c2nc(CCc3cc(O)c(F)cc3F)no2)c(Cl)c(O)c1O. The Morgan fingerprint density at radius 2 is 1.82 bits per heavy atom. The van der Waals surface area contributed by atoms with Crippen LogP contribution >= 0.6 is 11.6 Å². The zero-order valence-electron chi connectivity index (χ0n) is 13.7. The Morgan fingerprint density at radius 1 is 1.11 bits per heavy atom. The molecule has 1 aromatic heterocycles. The minimum atomic E-state index is -1.09. The van der Waals surface area contributed by atoms with Crippen molar-refractivity contribution in [2.75, 3.05) is 0 Å². The summed E-state index contributed by atoms with van der Waals surface area (Å²) in [4.78, 5) is 14.0. The van der Waals surface area contributed by atoms with Crippen molar-refractivity contribution in [3.05, 3.63) is 56.4 Å². The lowest BCUT2D eigenvalue weighted by atomic mass is 10.1. The molecule has 0 spiro atoms. The quantitative estimate of drug-likeness (QED) is 0.327. The molecule has 3 aromatic rings. The molecule has 0 aliphatic rings. The Morgan fingerprint density at radius 3 is 2.50 bits per heavy atom. The molecule has 3 N–H and O–H groups in total. The summed E-state index contributed by atoms with van der Waals surface area (Å²) in [5.74, 6) is -4.80. The lowest BCUT2D eigenvalue weighted by Gasteiger charge is -2.04. The summed E-state index contributed by atoms with van der Waals surface area (Å²) in [6.07, 6.45) is 0.0165. The molecule has 12 heteroatoms. The van der Waals surface area contributed by atoms with E-state index >= 15 is 0 Å². The molecule has 0 saturated carbocycles. The summed E-state index contributed by atoms with van der Waals surface area (Å²) in [6, 6.07) is 2.33. The second-order valence-electron chi connectivity index (χ2n) is 5.62. The maximum atomic E-state index is 13.7. The zero-order chi connectivity index (χ0) is 20.6. The number of nitro benzene ring substituents is 1. The predicted molar refractivity (Wildman–Crippen MR) is 90.2 cm³/mol. The van der Waals surface area contributed by atoms with E-state index in [-0.39, 0.29) is 35.7 Å². The zero-order valence-corrected chi connectivity index (χ0v) is 14.4. The minimum Gasteiger partial charge on any atom is -0.505 e. The van der Waals surface area contributed by atoms with Gasteiger partial charge < -0.3 is 19.8 Å². The molecule has 0 radical (unpaired) electrons. The van der Waals surface area contributed by atoms with Crippen molar-refractivity contribution in [2.45, 2.75) is 12.8 Å². The van der Waals surface area contributed by atoms with Crippen LogP contribution in [0.15, 0.2) is 22.7 Å². The topological polar surface area (TPSA) is 143 Å². The number of nitro groups is 1. The molecular weight excluding hydrogens is 404 g/mol. The van der Waals surface area contributed by atoms with Gasteiger partial charge >= 0.3 is 5.69 Å². The van der Waals surface area contributed by atoms with E-state index in [0.29, 0.717) is 6.07 Å². The molecule has 2 aromatic carbocycles. The van der Waals surface area contributed by atoms with Gasteiger partial charge in [-0.25, -0.2) is 8.78 Å². The second kappa shape index (κ2) is 7.27. The number of hydrogen-bond donors (Lipinski definition) is 3. The fourth-order valence-electron chi connectivity index (χ4n) is 2.40. The van der Waals surface area contributed by atoms with Gasteiger partial charge in [0.05, 0.1) is 15.5 Å². The third kappa shape index (κ3) is 3.51. The van der Waals surface area contributed by atoms with E-state index in [1.54, 1.807) is 0 Å². The molecule has 1 heterocycles. The highest BCUT2D eigenvalue weighted by atomic mass is 35.5. The van der Waals surface area contributed by atoms with Crippen molar-refractivity contribution in [2.24, 2.45) is 0 Å². The van der Waals surface area contributed by atoms with Crippen LogP contribution in [0.1, 0.15) is 11.4 Å². The third-order valence-electron chi connectivity index (χ3n) is 3.82. The average Bonchev–Trinajstić information content (AvgIpc) is 3.10. The number of aromatic hydroxyl groups is 3. The van der Waals surface area contributed by atoms with Crippen LogP contribution in [0.5, 0.6) is 17.2 Å². The van der Waals surface area contributed by atoms with Crippen LogP contribution in [-0.2, 0) is 12.8 Å². The minimum absolute atomic E-state index is 0.00659. The molecule has 9 nitrogen and oxygen atoms in total. The lowest BCUT2D eigenvalue weighted by Crippen LogP contribution is -1.98. The standard InChI is InChI=1S/C16H10ClF2N3O6/c17-13-7(4-10(22(26)27)14(24)15(13)25)16-20-12(21-28-16)2-1-6-3-11(23)9(19)5-8(6)18/h3-5,23-25H,1-2H2. The van der Waals surface area contributed by atoms with E-state index in [9.17, 15) is 34.2 Å². The maximum absolute atomic E-state index is 13.7. The number of benzene rings is 2. The van der Waals surface area contributed by atoms with Crippen LogP contribution in [0.4, 0.5) is 14.5 Å². The first kappa shape index (κ1) is 19.3. The lowest BCUT2D eigenvalue weighted by molar-refractivity contribution is -0.385. The molecule has 0 bridgehead atoms. The first-order valence-electron chi connectivity index (χ1n) is 7.57.